The molecule has 0 aromatic carbocycles. The Kier molecular flexibility index (Phi) is 4.82. The molecule has 0 aliphatic heterocycles. The lowest BCUT2D eigenvalue weighted by Crippen LogP contribution is -2.20. The fourth-order valence-electron chi connectivity index (χ4n) is 1.17. The SMILES string of the molecule is OC(CCOCC(F)(F)F)Cc1ccco1. The van der Waals surface area contributed by atoms with Gasteiger partial charge in [-0.2, -0.15) is 13.2 Å². The van der Waals surface area contributed by atoms with Crippen LogP contribution < -0.4 is 0 Å². The normalized spacial score (nSPS) is 14.0. The zero-order valence-electron chi connectivity index (χ0n) is 8.54. The quantitative estimate of drug-likeness (QED) is 0.772. The van der Waals surface area contributed by atoms with Crippen LogP contribution in [-0.4, -0.2) is 30.6 Å². The molecule has 0 amide bonds. The summed E-state index contributed by atoms with van der Waals surface area (Å²) in [6, 6.07) is 3.38. The molecule has 1 unspecified atom stereocenters. The molecule has 3 nitrogen and oxygen atoms in total. The van der Waals surface area contributed by atoms with Gasteiger partial charge in [-0.25, -0.2) is 0 Å². The van der Waals surface area contributed by atoms with Gasteiger partial charge in [0.1, 0.15) is 12.4 Å². The van der Waals surface area contributed by atoms with E-state index in [0.717, 1.165) is 0 Å². The van der Waals surface area contributed by atoms with Crippen LogP contribution in [0.1, 0.15) is 12.2 Å². The van der Waals surface area contributed by atoms with Crippen LogP contribution in [0.25, 0.3) is 0 Å². The lowest BCUT2D eigenvalue weighted by Gasteiger charge is -2.10. The predicted octanol–water partition coefficient (Wildman–Crippen LogP) is 2.15. The lowest BCUT2D eigenvalue weighted by atomic mass is 10.1. The summed E-state index contributed by atoms with van der Waals surface area (Å²) in [6.07, 6.45) is -3.16. The Hall–Kier alpha value is -1.01. The summed E-state index contributed by atoms with van der Waals surface area (Å²) >= 11 is 0. The zero-order chi connectivity index (χ0) is 12.0. The van der Waals surface area contributed by atoms with Gasteiger partial charge in [0.05, 0.1) is 12.4 Å². The van der Waals surface area contributed by atoms with Crippen LogP contribution >= 0.6 is 0 Å². The van der Waals surface area contributed by atoms with Crippen LogP contribution in [0.15, 0.2) is 22.8 Å². The van der Waals surface area contributed by atoms with Crippen molar-refractivity contribution >= 4 is 0 Å². The molecule has 92 valence electrons. The number of aliphatic hydroxyl groups is 1. The van der Waals surface area contributed by atoms with Crippen molar-refractivity contribution in [1.82, 2.24) is 0 Å². The summed E-state index contributed by atoms with van der Waals surface area (Å²) in [6.45, 7) is -1.40. The average Bonchev–Trinajstić information content (AvgIpc) is 2.63. The first-order valence-corrected chi connectivity index (χ1v) is 4.82. The molecule has 1 rings (SSSR count). The highest BCUT2D eigenvalue weighted by Gasteiger charge is 2.27. The number of furan rings is 1. The highest BCUT2D eigenvalue weighted by atomic mass is 19.4. The smallest absolute Gasteiger partial charge is 0.411 e. The van der Waals surface area contributed by atoms with E-state index in [1.54, 1.807) is 12.1 Å². The number of aliphatic hydroxyl groups excluding tert-OH is 1. The van der Waals surface area contributed by atoms with E-state index >= 15 is 0 Å². The first-order chi connectivity index (χ1) is 7.47. The van der Waals surface area contributed by atoms with Crippen molar-refractivity contribution in [2.24, 2.45) is 0 Å². The van der Waals surface area contributed by atoms with Gasteiger partial charge in [0.15, 0.2) is 0 Å². The van der Waals surface area contributed by atoms with Gasteiger partial charge in [-0.15, -0.1) is 0 Å². The van der Waals surface area contributed by atoms with Crippen molar-refractivity contribution in [2.45, 2.75) is 25.1 Å². The van der Waals surface area contributed by atoms with Crippen LogP contribution in [0.4, 0.5) is 13.2 Å². The summed E-state index contributed by atoms with van der Waals surface area (Å²) in [4.78, 5) is 0. The number of ether oxygens (including phenoxy) is 1. The van der Waals surface area contributed by atoms with Crippen LogP contribution in [0.2, 0.25) is 0 Å². The molecule has 1 aromatic rings. The minimum absolute atomic E-state index is 0.124. The molecular weight excluding hydrogens is 225 g/mol. The fraction of sp³-hybridized carbons (Fsp3) is 0.600. The molecule has 0 spiro atoms. The lowest BCUT2D eigenvalue weighted by molar-refractivity contribution is -0.175. The molecule has 0 aliphatic carbocycles. The molecule has 0 saturated carbocycles. The highest BCUT2D eigenvalue weighted by Crippen LogP contribution is 2.14. The standard InChI is InChI=1S/C10H13F3O3/c11-10(12,13)7-15-5-3-8(14)6-9-2-1-4-16-9/h1-2,4,8,14H,3,5-7H2. The van der Waals surface area contributed by atoms with Gasteiger partial charge in [0.2, 0.25) is 0 Å². The van der Waals surface area contributed by atoms with E-state index in [2.05, 4.69) is 4.74 Å². The molecule has 1 heterocycles. The van der Waals surface area contributed by atoms with Crippen molar-refractivity contribution < 1.29 is 27.4 Å². The van der Waals surface area contributed by atoms with Gasteiger partial charge >= 0.3 is 6.18 Å². The topological polar surface area (TPSA) is 42.6 Å². The second-order valence-corrected chi connectivity index (χ2v) is 3.39. The Morgan fingerprint density at radius 2 is 2.19 bits per heavy atom. The van der Waals surface area contributed by atoms with Crippen molar-refractivity contribution in [3.63, 3.8) is 0 Å². The largest absolute Gasteiger partial charge is 0.469 e. The number of rotatable bonds is 6. The summed E-state index contributed by atoms with van der Waals surface area (Å²) in [7, 11) is 0. The first kappa shape index (κ1) is 13.1. The number of hydrogen-bond donors (Lipinski definition) is 1. The average molecular weight is 238 g/mol. The van der Waals surface area contributed by atoms with E-state index in [4.69, 9.17) is 4.42 Å². The molecule has 0 radical (unpaired) electrons. The second-order valence-electron chi connectivity index (χ2n) is 3.39. The molecule has 0 aliphatic rings. The van der Waals surface area contributed by atoms with Crippen LogP contribution in [0.5, 0.6) is 0 Å². The zero-order valence-corrected chi connectivity index (χ0v) is 8.54. The molecule has 1 atom stereocenters. The van der Waals surface area contributed by atoms with Crippen LogP contribution in [-0.2, 0) is 11.2 Å². The summed E-state index contributed by atoms with van der Waals surface area (Å²) in [5.74, 6) is 0.600. The van der Waals surface area contributed by atoms with E-state index in [0.29, 0.717) is 5.76 Å². The fourth-order valence-corrected chi connectivity index (χ4v) is 1.17. The van der Waals surface area contributed by atoms with Gasteiger partial charge in [0.25, 0.3) is 0 Å². The third-order valence-electron chi connectivity index (χ3n) is 1.88. The molecule has 1 N–H and O–H groups in total. The Labute approximate surface area is 90.8 Å². The van der Waals surface area contributed by atoms with Gasteiger partial charge in [-0.1, -0.05) is 0 Å². The van der Waals surface area contributed by atoms with Crippen molar-refractivity contribution in [2.75, 3.05) is 13.2 Å². The molecule has 6 heteroatoms. The molecule has 0 saturated heterocycles. The second kappa shape index (κ2) is 5.91. The number of alkyl halides is 3. The Morgan fingerprint density at radius 1 is 1.44 bits per heavy atom. The summed E-state index contributed by atoms with van der Waals surface area (Å²) in [5.41, 5.74) is 0. The van der Waals surface area contributed by atoms with E-state index in [-0.39, 0.29) is 19.4 Å². The Morgan fingerprint density at radius 3 is 2.75 bits per heavy atom. The third-order valence-corrected chi connectivity index (χ3v) is 1.88. The molecule has 0 bridgehead atoms. The summed E-state index contributed by atoms with van der Waals surface area (Å²) in [5, 5.41) is 9.43. The minimum Gasteiger partial charge on any atom is -0.469 e. The van der Waals surface area contributed by atoms with Crippen molar-refractivity contribution in [3.05, 3.63) is 24.2 Å². The predicted molar refractivity (Wildman–Crippen MR) is 49.9 cm³/mol. The number of halogens is 3. The number of hydrogen-bond acceptors (Lipinski definition) is 3. The van der Waals surface area contributed by atoms with Crippen molar-refractivity contribution in [1.29, 1.82) is 0 Å². The molecular formula is C10H13F3O3. The van der Waals surface area contributed by atoms with Gasteiger partial charge in [0, 0.05) is 13.0 Å². The van der Waals surface area contributed by atoms with Crippen LogP contribution in [0.3, 0.4) is 0 Å². The highest BCUT2D eigenvalue weighted by molar-refractivity contribution is 4.99. The van der Waals surface area contributed by atoms with Gasteiger partial charge in [-0.3, -0.25) is 0 Å². The Balaban J connectivity index is 2.09. The third kappa shape index (κ3) is 5.77. The molecule has 1 aromatic heterocycles. The maximum absolute atomic E-state index is 11.7. The van der Waals surface area contributed by atoms with Gasteiger partial charge in [-0.05, 0) is 18.6 Å². The van der Waals surface area contributed by atoms with E-state index in [1.165, 1.54) is 6.26 Å². The van der Waals surface area contributed by atoms with E-state index in [9.17, 15) is 18.3 Å². The van der Waals surface area contributed by atoms with E-state index < -0.39 is 18.9 Å². The monoisotopic (exact) mass is 238 g/mol. The maximum atomic E-state index is 11.7. The minimum atomic E-state index is -4.31. The van der Waals surface area contributed by atoms with Crippen molar-refractivity contribution in [3.8, 4) is 0 Å². The summed E-state index contributed by atoms with van der Waals surface area (Å²) < 4.78 is 44.4. The van der Waals surface area contributed by atoms with Crippen LogP contribution in [0, 0.1) is 0 Å². The van der Waals surface area contributed by atoms with Gasteiger partial charge < -0.3 is 14.3 Å². The molecule has 16 heavy (non-hydrogen) atoms. The maximum Gasteiger partial charge on any atom is 0.411 e. The molecule has 0 fully saturated rings. The first-order valence-electron chi connectivity index (χ1n) is 4.82. The van der Waals surface area contributed by atoms with E-state index in [1.807, 2.05) is 0 Å². The Bertz CT molecular complexity index is 282.